The van der Waals surface area contributed by atoms with Crippen LogP contribution in [0.25, 0.3) is 0 Å². The highest BCUT2D eigenvalue weighted by atomic mass is 16.6. The minimum absolute atomic E-state index is 0.156. The number of piperazine rings is 1. The molecular formula is C13H25N3O2. The molecule has 0 spiro atoms. The minimum Gasteiger partial charge on any atom is -0.450 e. The smallest absolute Gasteiger partial charge is 0.409 e. The summed E-state index contributed by atoms with van der Waals surface area (Å²) in [6.07, 6.45) is 2.48. The van der Waals surface area contributed by atoms with E-state index in [0.717, 1.165) is 38.6 Å². The fourth-order valence-electron chi connectivity index (χ4n) is 2.77. The Morgan fingerprint density at radius 3 is 2.72 bits per heavy atom. The fraction of sp³-hybridized carbons (Fsp3) is 0.923. The van der Waals surface area contributed by atoms with Gasteiger partial charge >= 0.3 is 6.09 Å². The summed E-state index contributed by atoms with van der Waals surface area (Å²) >= 11 is 0. The molecule has 2 heterocycles. The number of hydrogen-bond acceptors (Lipinski definition) is 4. The van der Waals surface area contributed by atoms with Gasteiger partial charge in [-0.3, -0.25) is 4.90 Å². The van der Waals surface area contributed by atoms with Crippen molar-refractivity contribution in [1.82, 2.24) is 15.1 Å². The van der Waals surface area contributed by atoms with Gasteiger partial charge in [0.15, 0.2) is 0 Å². The van der Waals surface area contributed by atoms with Gasteiger partial charge in [-0.25, -0.2) is 4.79 Å². The molecule has 1 N–H and O–H groups in total. The number of rotatable bonds is 3. The van der Waals surface area contributed by atoms with E-state index in [1.54, 1.807) is 0 Å². The third kappa shape index (κ3) is 3.85. The van der Waals surface area contributed by atoms with E-state index in [2.05, 4.69) is 10.2 Å². The van der Waals surface area contributed by atoms with Crippen LogP contribution in [0.3, 0.4) is 0 Å². The maximum absolute atomic E-state index is 11.6. The highest BCUT2D eigenvalue weighted by Gasteiger charge is 2.24. The van der Waals surface area contributed by atoms with Crippen molar-refractivity contribution in [3.05, 3.63) is 0 Å². The lowest BCUT2D eigenvalue weighted by molar-refractivity contribution is 0.0737. The molecule has 1 amide bonds. The summed E-state index contributed by atoms with van der Waals surface area (Å²) in [6, 6.07) is 0. The lowest BCUT2D eigenvalue weighted by atomic mass is 9.99. The molecular weight excluding hydrogens is 230 g/mol. The van der Waals surface area contributed by atoms with Crippen LogP contribution >= 0.6 is 0 Å². The van der Waals surface area contributed by atoms with Crippen molar-refractivity contribution in [2.45, 2.75) is 19.8 Å². The SMILES string of the molecule is CCOC(=O)N1CCN(CC2CCCNC2)CC1. The van der Waals surface area contributed by atoms with Crippen molar-refractivity contribution in [2.24, 2.45) is 5.92 Å². The van der Waals surface area contributed by atoms with Crippen LogP contribution in [0.1, 0.15) is 19.8 Å². The standard InChI is InChI=1S/C13H25N3O2/c1-2-18-13(17)16-8-6-15(7-9-16)11-12-4-3-5-14-10-12/h12,14H,2-11H2,1H3. The van der Waals surface area contributed by atoms with E-state index in [-0.39, 0.29) is 6.09 Å². The topological polar surface area (TPSA) is 44.8 Å². The molecule has 0 aliphatic carbocycles. The molecule has 104 valence electrons. The van der Waals surface area contributed by atoms with Gasteiger partial charge in [-0.1, -0.05) is 0 Å². The Morgan fingerprint density at radius 2 is 2.11 bits per heavy atom. The highest BCUT2D eigenvalue weighted by molar-refractivity contribution is 5.67. The van der Waals surface area contributed by atoms with Gasteiger partial charge in [0.2, 0.25) is 0 Å². The van der Waals surface area contributed by atoms with Gasteiger partial charge in [-0.15, -0.1) is 0 Å². The average molecular weight is 255 g/mol. The van der Waals surface area contributed by atoms with Crippen LogP contribution in [-0.4, -0.2) is 68.3 Å². The number of amides is 1. The summed E-state index contributed by atoms with van der Waals surface area (Å²) < 4.78 is 5.03. The molecule has 0 saturated carbocycles. The first-order chi connectivity index (χ1) is 8.79. The van der Waals surface area contributed by atoms with E-state index in [1.807, 2.05) is 11.8 Å². The van der Waals surface area contributed by atoms with Crippen molar-refractivity contribution < 1.29 is 9.53 Å². The Kier molecular flexibility index (Phi) is 5.26. The molecule has 0 bridgehead atoms. The molecule has 2 aliphatic rings. The van der Waals surface area contributed by atoms with E-state index in [1.165, 1.54) is 25.9 Å². The number of carbonyl (C=O) groups excluding carboxylic acids is 1. The van der Waals surface area contributed by atoms with Crippen LogP contribution in [0.4, 0.5) is 4.79 Å². The molecule has 5 heteroatoms. The van der Waals surface area contributed by atoms with Gasteiger partial charge in [-0.05, 0) is 38.8 Å². The zero-order valence-corrected chi connectivity index (χ0v) is 11.4. The molecule has 2 rings (SSSR count). The van der Waals surface area contributed by atoms with Crippen LogP contribution in [0.5, 0.6) is 0 Å². The predicted octanol–water partition coefficient (Wildman–Crippen LogP) is 0.760. The first-order valence-electron chi connectivity index (χ1n) is 7.14. The maximum atomic E-state index is 11.6. The van der Waals surface area contributed by atoms with Gasteiger partial charge in [0.05, 0.1) is 6.61 Å². The van der Waals surface area contributed by atoms with Crippen LogP contribution in [0.2, 0.25) is 0 Å². The quantitative estimate of drug-likeness (QED) is 0.809. The second kappa shape index (κ2) is 6.95. The van der Waals surface area contributed by atoms with Gasteiger partial charge in [0, 0.05) is 32.7 Å². The van der Waals surface area contributed by atoms with Crippen LogP contribution in [0, 0.1) is 5.92 Å². The molecule has 2 saturated heterocycles. The number of carbonyl (C=O) groups is 1. The molecule has 2 fully saturated rings. The Labute approximate surface area is 109 Å². The van der Waals surface area contributed by atoms with Gasteiger partial charge in [0.1, 0.15) is 0 Å². The summed E-state index contributed by atoms with van der Waals surface area (Å²) in [4.78, 5) is 15.9. The normalized spacial score (nSPS) is 26.1. The number of nitrogens with zero attached hydrogens (tertiary/aromatic N) is 2. The monoisotopic (exact) mass is 255 g/mol. The van der Waals surface area contributed by atoms with Crippen LogP contribution in [0.15, 0.2) is 0 Å². The summed E-state index contributed by atoms with van der Waals surface area (Å²) in [6.45, 7) is 9.38. The molecule has 1 unspecified atom stereocenters. The molecule has 0 aromatic heterocycles. The highest BCUT2D eigenvalue weighted by Crippen LogP contribution is 2.13. The zero-order valence-electron chi connectivity index (χ0n) is 11.4. The van der Waals surface area contributed by atoms with E-state index >= 15 is 0 Å². The molecule has 2 aliphatic heterocycles. The Morgan fingerprint density at radius 1 is 1.33 bits per heavy atom. The predicted molar refractivity (Wildman–Crippen MR) is 70.6 cm³/mol. The third-order valence-electron chi connectivity index (χ3n) is 3.81. The molecule has 0 aromatic carbocycles. The van der Waals surface area contributed by atoms with Crippen molar-refractivity contribution >= 4 is 6.09 Å². The minimum atomic E-state index is -0.156. The summed E-state index contributed by atoms with van der Waals surface area (Å²) in [5.41, 5.74) is 0. The second-order valence-electron chi connectivity index (χ2n) is 5.20. The van der Waals surface area contributed by atoms with Crippen LogP contribution in [-0.2, 0) is 4.74 Å². The molecule has 18 heavy (non-hydrogen) atoms. The van der Waals surface area contributed by atoms with E-state index in [9.17, 15) is 4.79 Å². The van der Waals surface area contributed by atoms with Crippen molar-refractivity contribution in [3.63, 3.8) is 0 Å². The van der Waals surface area contributed by atoms with Gasteiger partial charge < -0.3 is 15.0 Å². The van der Waals surface area contributed by atoms with E-state index in [0.29, 0.717) is 6.61 Å². The first-order valence-corrected chi connectivity index (χ1v) is 7.14. The first kappa shape index (κ1) is 13.6. The summed E-state index contributed by atoms with van der Waals surface area (Å²) in [5, 5.41) is 3.46. The van der Waals surface area contributed by atoms with E-state index in [4.69, 9.17) is 4.74 Å². The lowest BCUT2D eigenvalue weighted by Gasteiger charge is -2.36. The average Bonchev–Trinajstić information content (AvgIpc) is 2.41. The third-order valence-corrected chi connectivity index (χ3v) is 3.81. The molecule has 0 aromatic rings. The number of ether oxygens (including phenoxy) is 1. The summed E-state index contributed by atoms with van der Waals surface area (Å²) in [7, 11) is 0. The second-order valence-corrected chi connectivity index (χ2v) is 5.20. The summed E-state index contributed by atoms with van der Waals surface area (Å²) in [5.74, 6) is 0.785. The lowest BCUT2D eigenvalue weighted by Crippen LogP contribution is -2.51. The van der Waals surface area contributed by atoms with Crippen molar-refractivity contribution in [2.75, 3.05) is 52.4 Å². The van der Waals surface area contributed by atoms with E-state index < -0.39 is 0 Å². The Bertz CT molecular complexity index is 259. The number of piperidine rings is 1. The molecule has 5 nitrogen and oxygen atoms in total. The largest absolute Gasteiger partial charge is 0.450 e. The Hall–Kier alpha value is -0.810. The zero-order chi connectivity index (χ0) is 12.8. The number of hydrogen-bond donors (Lipinski definition) is 1. The van der Waals surface area contributed by atoms with Crippen LogP contribution < -0.4 is 5.32 Å². The van der Waals surface area contributed by atoms with Crippen molar-refractivity contribution in [1.29, 1.82) is 0 Å². The maximum Gasteiger partial charge on any atom is 0.409 e. The Balaban J connectivity index is 1.68. The van der Waals surface area contributed by atoms with Gasteiger partial charge in [0.25, 0.3) is 0 Å². The van der Waals surface area contributed by atoms with Gasteiger partial charge in [-0.2, -0.15) is 0 Å². The number of nitrogens with one attached hydrogen (secondary N) is 1. The fourth-order valence-corrected chi connectivity index (χ4v) is 2.77. The molecule has 0 radical (unpaired) electrons. The van der Waals surface area contributed by atoms with Crippen molar-refractivity contribution in [3.8, 4) is 0 Å². The molecule has 1 atom stereocenters.